The topological polar surface area (TPSA) is 93.4 Å². The molecule has 10 heteroatoms. The fourth-order valence-electron chi connectivity index (χ4n) is 2.93. The molecule has 0 saturated heterocycles. The maximum atomic E-state index is 13.3. The number of hydrogen-bond acceptors (Lipinski definition) is 4. The molecule has 0 aliphatic carbocycles. The number of methoxy groups -OCH3 is 1. The van der Waals surface area contributed by atoms with Crippen molar-refractivity contribution in [2.24, 2.45) is 0 Å². The number of benzene rings is 2. The standard InChI is InChI=1S/C19H16ClF2N3O4/c1-29-12-8-10(17(21)22)7-11(9-12)25-15(5-6-23-19(27)28)24-14-4-2-3-13(20)16(14)18(25)26/h2-4,7-9,17,23H,5-6H2,1H3,(H,27,28). The molecule has 2 N–H and O–H groups in total. The van der Waals surface area contributed by atoms with Crippen LogP contribution in [-0.2, 0) is 6.42 Å². The Kier molecular flexibility index (Phi) is 5.97. The van der Waals surface area contributed by atoms with Crippen molar-refractivity contribution in [1.82, 2.24) is 14.9 Å². The van der Waals surface area contributed by atoms with Crippen LogP contribution in [0.5, 0.6) is 5.75 Å². The Morgan fingerprint density at radius 2 is 2.10 bits per heavy atom. The van der Waals surface area contributed by atoms with Gasteiger partial charge in [-0.15, -0.1) is 0 Å². The van der Waals surface area contributed by atoms with Crippen LogP contribution in [0.1, 0.15) is 17.8 Å². The van der Waals surface area contributed by atoms with Gasteiger partial charge in [-0.2, -0.15) is 0 Å². The van der Waals surface area contributed by atoms with Gasteiger partial charge < -0.3 is 15.2 Å². The van der Waals surface area contributed by atoms with Gasteiger partial charge in [0.2, 0.25) is 0 Å². The Bertz CT molecular complexity index is 1130. The zero-order valence-electron chi connectivity index (χ0n) is 15.2. The van der Waals surface area contributed by atoms with E-state index in [1.165, 1.54) is 25.3 Å². The second-order valence-electron chi connectivity index (χ2n) is 6.05. The van der Waals surface area contributed by atoms with Crippen LogP contribution in [0.25, 0.3) is 16.6 Å². The van der Waals surface area contributed by atoms with Gasteiger partial charge in [0.15, 0.2) is 0 Å². The quantitative estimate of drug-likeness (QED) is 0.629. The normalized spacial score (nSPS) is 11.1. The van der Waals surface area contributed by atoms with Gasteiger partial charge in [0.25, 0.3) is 12.0 Å². The van der Waals surface area contributed by atoms with Crippen LogP contribution in [0.2, 0.25) is 5.02 Å². The summed E-state index contributed by atoms with van der Waals surface area (Å²) in [5.74, 6) is 0.325. The molecule has 0 atom stereocenters. The molecule has 0 unspecified atom stereocenters. The largest absolute Gasteiger partial charge is 0.497 e. The van der Waals surface area contributed by atoms with E-state index < -0.39 is 18.1 Å². The van der Waals surface area contributed by atoms with Crippen LogP contribution in [0.3, 0.4) is 0 Å². The fraction of sp³-hybridized carbons (Fsp3) is 0.211. The maximum absolute atomic E-state index is 13.3. The Hall–Kier alpha value is -3.20. The molecule has 1 amide bonds. The van der Waals surface area contributed by atoms with Gasteiger partial charge in [0.05, 0.1) is 28.7 Å². The summed E-state index contributed by atoms with van der Waals surface area (Å²) < 4.78 is 32.9. The third-order valence-corrected chi connectivity index (χ3v) is 4.52. The first kappa shape index (κ1) is 20.5. The van der Waals surface area contributed by atoms with E-state index >= 15 is 0 Å². The maximum Gasteiger partial charge on any atom is 0.404 e. The number of rotatable bonds is 6. The minimum absolute atomic E-state index is 0.0283. The summed E-state index contributed by atoms with van der Waals surface area (Å²) in [5, 5.41) is 11.3. The van der Waals surface area contributed by atoms with Gasteiger partial charge in [0.1, 0.15) is 11.6 Å². The third kappa shape index (κ3) is 4.29. The zero-order chi connectivity index (χ0) is 21.1. The SMILES string of the molecule is COc1cc(C(F)F)cc(-n2c(CCNC(=O)O)nc3cccc(Cl)c3c2=O)c1. The van der Waals surface area contributed by atoms with Crippen molar-refractivity contribution in [1.29, 1.82) is 0 Å². The van der Waals surface area contributed by atoms with Crippen LogP contribution in [0, 0.1) is 0 Å². The van der Waals surface area contributed by atoms with Gasteiger partial charge >= 0.3 is 6.09 Å². The molecular weight excluding hydrogens is 408 g/mol. The van der Waals surface area contributed by atoms with Crippen LogP contribution in [0.15, 0.2) is 41.2 Å². The number of nitrogens with zero attached hydrogens (tertiary/aromatic N) is 2. The highest BCUT2D eigenvalue weighted by atomic mass is 35.5. The van der Waals surface area contributed by atoms with Crippen LogP contribution >= 0.6 is 11.6 Å². The number of aromatic nitrogens is 2. The average molecular weight is 424 g/mol. The predicted octanol–water partition coefficient (Wildman–Crippen LogP) is 3.80. The highest BCUT2D eigenvalue weighted by Gasteiger charge is 2.18. The number of carboxylic acid groups (broad SMARTS) is 1. The first-order chi connectivity index (χ1) is 13.8. The summed E-state index contributed by atoms with van der Waals surface area (Å²) in [6.45, 7) is -0.0283. The molecule has 0 aliphatic rings. The summed E-state index contributed by atoms with van der Waals surface area (Å²) in [4.78, 5) is 28.4. The van der Waals surface area contributed by atoms with Crippen molar-refractivity contribution in [2.75, 3.05) is 13.7 Å². The van der Waals surface area contributed by atoms with E-state index in [9.17, 15) is 18.4 Å². The zero-order valence-corrected chi connectivity index (χ0v) is 15.9. The van der Waals surface area contributed by atoms with Gasteiger partial charge in [-0.3, -0.25) is 9.36 Å². The molecule has 0 bridgehead atoms. The lowest BCUT2D eigenvalue weighted by Gasteiger charge is -2.16. The van der Waals surface area contributed by atoms with E-state index in [-0.39, 0.29) is 46.2 Å². The average Bonchev–Trinajstić information content (AvgIpc) is 2.67. The molecule has 0 radical (unpaired) electrons. The molecule has 3 aromatic rings. The fourth-order valence-corrected chi connectivity index (χ4v) is 3.18. The Balaban J connectivity index is 2.28. The lowest BCUT2D eigenvalue weighted by atomic mass is 10.1. The van der Waals surface area contributed by atoms with Gasteiger partial charge in [-0.05, 0) is 24.3 Å². The predicted molar refractivity (Wildman–Crippen MR) is 104 cm³/mol. The van der Waals surface area contributed by atoms with Gasteiger partial charge in [0, 0.05) is 24.6 Å². The smallest absolute Gasteiger partial charge is 0.404 e. The molecule has 1 aromatic heterocycles. The number of nitrogens with one attached hydrogen (secondary N) is 1. The van der Waals surface area contributed by atoms with Crippen molar-refractivity contribution < 1.29 is 23.4 Å². The number of carbonyl (C=O) groups is 1. The van der Waals surface area contributed by atoms with Crippen molar-refractivity contribution in [3.63, 3.8) is 0 Å². The van der Waals surface area contributed by atoms with Crippen LogP contribution in [-0.4, -0.2) is 34.4 Å². The molecule has 3 rings (SSSR count). The number of ether oxygens (including phenoxy) is 1. The Morgan fingerprint density at radius 3 is 2.76 bits per heavy atom. The summed E-state index contributed by atoms with van der Waals surface area (Å²) in [5.41, 5.74) is -0.454. The molecular formula is C19H16ClF2N3O4. The van der Waals surface area contributed by atoms with Crippen molar-refractivity contribution in [3.8, 4) is 11.4 Å². The highest BCUT2D eigenvalue weighted by molar-refractivity contribution is 6.35. The van der Waals surface area contributed by atoms with Crippen molar-refractivity contribution in [3.05, 3.63) is 63.2 Å². The van der Waals surface area contributed by atoms with E-state index in [4.69, 9.17) is 21.4 Å². The molecule has 0 spiro atoms. The lowest BCUT2D eigenvalue weighted by Crippen LogP contribution is -2.29. The molecule has 152 valence electrons. The summed E-state index contributed by atoms with van der Waals surface area (Å²) >= 11 is 6.17. The molecule has 7 nitrogen and oxygen atoms in total. The molecule has 0 fully saturated rings. The number of hydrogen-bond donors (Lipinski definition) is 2. The van der Waals surface area contributed by atoms with Crippen molar-refractivity contribution >= 4 is 28.6 Å². The van der Waals surface area contributed by atoms with Crippen LogP contribution in [0.4, 0.5) is 13.6 Å². The van der Waals surface area contributed by atoms with Gasteiger partial charge in [-0.25, -0.2) is 18.6 Å². The number of fused-ring (bicyclic) bond motifs is 1. The minimum atomic E-state index is -2.78. The third-order valence-electron chi connectivity index (χ3n) is 4.20. The van der Waals surface area contributed by atoms with E-state index in [0.29, 0.717) is 5.52 Å². The minimum Gasteiger partial charge on any atom is -0.497 e. The lowest BCUT2D eigenvalue weighted by molar-refractivity contribution is 0.151. The second kappa shape index (κ2) is 8.44. The molecule has 29 heavy (non-hydrogen) atoms. The van der Waals surface area contributed by atoms with Crippen LogP contribution < -0.4 is 15.6 Å². The monoisotopic (exact) mass is 423 g/mol. The number of halogens is 3. The van der Waals surface area contributed by atoms with E-state index in [1.54, 1.807) is 12.1 Å². The molecule has 0 aliphatic heterocycles. The summed E-state index contributed by atoms with van der Waals surface area (Å²) in [7, 11) is 1.32. The van der Waals surface area contributed by atoms with E-state index in [2.05, 4.69) is 10.3 Å². The highest BCUT2D eigenvalue weighted by Crippen LogP contribution is 2.28. The molecule has 2 aromatic carbocycles. The van der Waals surface area contributed by atoms with E-state index in [1.807, 2.05) is 0 Å². The summed E-state index contributed by atoms with van der Waals surface area (Å²) in [6.07, 6.45) is -3.97. The first-order valence-electron chi connectivity index (χ1n) is 8.46. The Labute approximate surface area is 168 Å². The Morgan fingerprint density at radius 1 is 1.34 bits per heavy atom. The number of alkyl halides is 2. The molecule has 0 saturated carbocycles. The van der Waals surface area contributed by atoms with Crippen molar-refractivity contribution in [2.45, 2.75) is 12.8 Å². The summed E-state index contributed by atoms with van der Waals surface area (Å²) in [6, 6.07) is 8.50. The first-order valence-corrected chi connectivity index (χ1v) is 8.84. The van der Waals surface area contributed by atoms with E-state index in [0.717, 1.165) is 10.6 Å². The van der Waals surface area contributed by atoms with Gasteiger partial charge in [-0.1, -0.05) is 17.7 Å². The number of amides is 1. The second-order valence-corrected chi connectivity index (χ2v) is 6.46. The molecule has 1 heterocycles.